The lowest BCUT2D eigenvalue weighted by Crippen LogP contribution is -2.37. The van der Waals surface area contributed by atoms with Crippen LogP contribution in [0.3, 0.4) is 0 Å². The van der Waals surface area contributed by atoms with E-state index in [9.17, 15) is 4.79 Å². The standard InChI is InChI=1S/C7H15NO3/c1-5(3-4-11-2)6(8)7(9)10/h5-6H,3-4,8H2,1-2H3,(H,9,10)/t5?,6-/m0/s1. The van der Waals surface area contributed by atoms with Crippen molar-refractivity contribution in [3.05, 3.63) is 0 Å². The molecule has 0 aliphatic heterocycles. The van der Waals surface area contributed by atoms with E-state index in [4.69, 9.17) is 15.6 Å². The highest BCUT2D eigenvalue weighted by Crippen LogP contribution is 2.05. The van der Waals surface area contributed by atoms with Gasteiger partial charge in [0.15, 0.2) is 0 Å². The topological polar surface area (TPSA) is 72.5 Å². The van der Waals surface area contributed by atoms with Gasteiger partial charge in [0.2, 0.25) is 0 Å². The molecule has 4 nitrogen and oxygen atoms in total. The Bertz CT molecular complexity index is 127. The Labute approximate surface area is 66.3 Å². The minimum absolute atomic E-state index is 0.0348. The highest BCUT2D eigenvalue weighted by molar-refractivity contribution is 5.73. The van der Waals surface area contributed by atoms with E-state index in [0.717, 1.165) is 0 Å². The summed E-state index contributed by atoms with van der Waals surface area (Å²) >= 11 is 0. The quantitative estimate of drug-likeness (QED) is 0.598. The molecule has 0 fully saturated rings. The number of methoxy groups -OCH3 is 1. The summed E-state index contributed by atoms with van der Waals surface area (Å²) in [4.78, 5) is 10.3. The van der Waals surface area contributed by atoms with E-state index < -0.39 is 12.0 Å². The Balaban J connectivity index is 3.63. The van der Waals surface area contributed by atoms with Crippen molar-refractivity contribution in [2.45, 2.75) is 19.4 Å². The maximum Gasteiger partial charge on any atom is 0.320 e. The summed E-state index contributed by atoms with van der Waals surface area (Å²) in [6.07, 6.45) is 0.684. The molecule has 0 spiro atoms. The molecule has 0 radical (unpaired) electrons. The number of hydrogen-bond acceptors (Lipinski definition) is 3. The molecule has 0 aliphatic rings. The number of hydrogen-bond donors (Lipinski definition) is 2. The fourth-order valence-corrected chi connectivity index (χ4v) is 0.727. The van der Waals surface area contributed by atoms with Crippen LogP contribution in [0.25, 0.3) is 0 Å². The van der Waals surface area contributed by atoms with Crippen LogP contribution in [0.1, 0.15) is 13.3 Å². The van der Waals surface area contributed by atoms with Crippen LogP contribution in [-0.4, -0.2) is 30.8 Å². The lowest BCUT2D eigenvalue weighted by Gasteiger charge is -2.14. The molecule has 0 aromatic carbocycles. The van der Waals surface area contributed by atoms with E-state index in [0.29, 0.717) is 13.0 Å². The normalized spacial score (nSPS) is 15.9. The average Bonchev–Trinajstić information content (AvgIpc) is 1.98. The van der Waals surface area contributed by atoms with Gasteiger partial charge in [0.1, 0.15) is 6.04 Å². The zero-order chi connectivity index (χ0) is 8.85. The van der Waals surface area contributed by atoms with Crippen LogP contribution in [0.4, 0.5) is 0 Å². The molecule has 2 atom stereocenters. The molecule has 66 valence electrons. The largest absolute Gasteiger partial charge is 0.480 e. The number of nitrogens with two attached hydrogens (primary N) is 1. The van der Waals surface area contributed by atoms with Crippen molar-refractivity contribution in [1.82, 2.24) is 0 Å². The molecule has 3 N–H and O–H groups in total. The monoisotopic (exact) mass is 161 g/mol. The third-order valence-corrected chi connectivity index (χ3v) is 1.68. The zero-order valence-corrected chi connectivity index (χ0v) is 6.91. The molecule has 0 bridgehead atoms. The molecule has 0 aliphatic carbocycles. The molecule has 0 aromatic heterocycles. The first-order chi connectivity index (χ1) is 5.09. The van der Waals surface area contributed by atoms with Gasteiger partial charge < -0.3 is 15.6 Å². The maximum atomic E-state index is 10.3. The number of carboxylic acid groups (broad SMARTS) is 1. The van der Waals surface area contributed by atoms with Gasteiger partial charge in [0, 0.05) is 13.7 Å². The van der Waals surface area contributed by atoms with E-state index in [2.05, 4.69) is 0 Å². The molecule has 0 amide bonds. The molecular formula is C7H15NO3. The Hall–Kier alpha value is -0.610. The number of aliphatic carboxylic acids is 1. The Kier molecular flexibility index (Phi) is 4.81. The summed E-state index contributed by atoms with van der Waals surface area (Å²) in [6.45, 7) is 2.36. The zero-order valence-electron chi connectivity index (χ0n) is 6.91. The molecular weight excluding hydrogens is 146 g/mol. The number of carbonyl (C=O) groups is 1. The van der Waals surface area contributed by atoms with Gasteiger partial charge in [0.05, 0.1) is 0 Å². The fourth-order valence-electron chi connectivity index (χ4n) is 0.727. The van der Waals surface area contributed by atoms with Crippen molar-refractivity contribution in [3.8, 4) is 0 Å². The van der Waals surface area contributed by atoms with Crippen molar-refractivity contribution in [2.75, 3.05) is 13.7 Å². The predicted molar refractivity (Wildman–Crippen MR) is 41.3 cm³/mol. The van der Waals surface area contributed by atoms with Crippen LogP contribution in [0.5, 0.6) is 0 Å². The lowest BCUT2D eigenvalue weighted by molar-refractivity contribution is -0.139. The van der Waals surface area contributed by atoms with Crippen LogP contribution < -0.4 is 5.73 Å². The first-order valence-corrected chi connectivity index (χ1v) is 3.57. The summed E-state index contributed by atoms with van der Waals surface area (Å²) < 4.78 is 4.79. The SMILES string of the molecule is COCCC(C)[C@H](N)C(=O)O. The van der Waals surface area contributed by atoms with Crippen molar-refractivity contribution in [1.29, 1.82) is 0 Å². The van der Waals surface area contributed by atoms with Gasteiger partial charge in [-0.15, -0.1) is 0 Å². The molecule has 0 aromatic rings. The van der Waals surface area contributed by atoms with Gasteiger partial charge in [-0.3, -0.25) is 4.79 Å². The molecule has 0 saturated carbocycles. The van der Waals surface area contributed by atoms with E-state index in [-0.39, 0.29) is 5.92 Å². The molecule has 4 heteroatoms. The maximum absolute atomic E-state index is 10.3. The van der Waals surface area contributed by atoms with Crippen LogP contribution >= 0.6 is 0 Å². The van der Waals surface area contributed by atoms with Gasteiger partial charge >= 0.3 is 5.97 Å². The summed E-state index contributed by atoms with van der Waals surface area (Å²) in [5.74, 6) is -0.985. The van der Waals surface area contributed by atoms with Gasteiger partial charge in [-0.25, -0.2) is 0 Å². The van der Waals surface area contributed by atoms with Gasteiger partial charge in [0.25, 0.3) is 0 Å². The second-order valence-electron chi connectivity index (χ2n) is 2.62. The summed E-state index contributed by atoms with van der Waals surface area (Å²) in [7, 11) is 1.58. The molecule has 11 heavy (non-hydrogen) atoms. The van der Waals surface area contributed by atoms with Crippen LogP contribution in [0, 0.1) is 5.92 Å². The van der Waals surface area contributed by atoms with Gasteiger partial charge in [-0.1, -0.05) is 6.92 Å². The number of carboxylic acids is 1. The summed E-state index contributed by atoms with van der Waals surface area (Å²) in [6, 6.07) is -0.773. The third-order valence-electron chi connectivity index (χ3n) is 1.68. The van der Waals surface area contributed by atoms with Crippen LogP contribution in [0.15, 0.2) is 0 Å². The van der Waals surface area contributed by atoms with Gasteiger partial charge in [-0.05, 0) is 12.3 Å². The predicted octanol–water partition coefficient (Wildman–Crippen LogP) is 0.0709. The summed E-state index contributed by atoms with van der Waals surface area (Å²) in [5.41, 5.74) is 5.35. The average molecular weight is 161 g/mol. The fraction of sp³-hybridized carbons (Fsp3) is 0.857. The Morgan fingerprint density at radius 1 is 1.73 bits per heavy atom. The minimum atomic E-state index is -0.950. The highest BCUT2D eigenvalue weighted by Gasteiger charge is 2.18. The van der Waals surface area contributed by atoms with Crippen molar-refractivity contribution in [3.63, 3.8) is 0 Å². The van der Waals surface area contributed by atoms with E-state index in [1.54, 1.807) is 14.0 Å². The first-order valence-electron chi connectivity index (χ1n) is 3.57. The molecule has 1 unspecified atom stereocenters. The Morgan fingerprint density at radius 3 is 2.64 bits per heavy atom. The second-order valence-corrected chi connectivity index (χ2v) is 2.62. The highest BCUT2D eigenvalue weighted by atomic mass is 16.5. The van der Waals surface area contributed by atoms with E-state index in [1.807, 2.05) is 0 Å². The van der Waals surface area contributed by atoms with Crippen LogP contribution in [0.2, 0.25) is 0 Å². The molecule has 0 rings (SSSR count). The van der Waals surface area contributed by atoms with Crippen molar-refractivity contribution < 1.29 is 14.6 Å². The van der Waals surface area contributed by atoms with E-state index >= 15 is 0 Å². The number of rotatable bonds is 5. The number of ether oxygens (including phenoxy) is 1. The smallest absolute Gasteiger partial charge is 0.320 e. The van der Waals surface area contributed by atoms with Crippen molar-refractivity contribution >= 4 is 5.97 Å². The molecule has 0 heterocycles. The van der Waals surface area contributed by atoms with Crippen LogP contribution in [-0.2, 0) is 9.53 Å². The third kappa shape index (κ3) is 3.95. The Morgan fingerprint density at radius 2 is 2.27 bits per heavy atom. The second kappa shape index (κ2) is 5.09. The first kappa shape index (κ1) is 10.4. The summed E-state index contributed by atoms with van der Waals surface area (Å²) in [5, 5.41) is 8.49. The molecule has 0 saturated heterocycles. The van der Waals surface area contributed by atoms with E-state index in [1.165, 1.54) is 0 Å². The van der Waals surface area contributed by atoms with Crippen molar-refractivity contribution in [2.24, 2.45) is 11.7 Å². The lowest BCUT2D eigenvalue weighted by atomic mass is 10.00. The van der Waals surface area contributed by atoms with Gasteiger partial charge in [-0.2, -0.15) is 0 Å². The minimum Gasteiger partial charge on any atom is -0.480 e.